The number of hydrogen-bond acceptors (Lipinski definition) is 7. The van der Waals surface area contributed by atoms with Gasteiger partial charge in [-0.25, -0.2) is 13.4 Å². The Balaban J connectivity index is 1.53. The summed E-state index contributed by atoms with van der Waals surface area (Å²) in [7, 11) is -1.98. The first-order valence-corrected chi connectivity index (χ1v) is 13.7. The lowest BCUT2D eigenvalue weighted by atomic mass is 10.1. The summed E-state index contributed by atoms with van der Waals surface area (Å²) in [4.78, 5) is 24.1. The van der Waals surface area contributed by atoms with Crippen molar-refractivity contribution in [2.75, 3.05) is 17.8 Å². The van der Waals surface area contributed by atoms with E-state index in [0.29, 0.717) is 17.4 Å². The second-order valence-corrected chi connectivity index (χ2v) is 11.4. The normalized spacial score (nSPS) is 11.5. The van der Waals surface area contributed by atoms with E-state index in [1.54, 1.807) is 29.4 Å². The van der Waals surface area contributed by atoms with Crippen molar-refractivity contribution >= 4 is 42.4 Å². The average molecular weight is 510 g/mol. The summed E-state index contributed by atoms with van der Waals surface area (Å²) in [6, 6.07) is 14.1. The molecule has 35 heavy (non-hydrogen) atoms. The maximum Gasteiger partial charge on any atom is 0.229 e. The number of carbonyl (C=O) groups is 1. The predicted octanol–water partition coefficient (Wildman–Crippen LogP) is 5.10. The molecule has 0 aliphatic carbocycles. The van der Waals surface area contributed by atoms with Crippen LogP contribution in [0.3, 0.4) is 0 Å². The maximum absolute atomic E-state index is 13.3. The summed E-state index contributed by atoms with van der Waals surface area (Å²) in [5, 5.41) is 0.605. The molecule has 2 aromatic carbocycles. The quantitative estimate of drug-likeness (QED) is 0.312. The minimum absolute atomic E-state index is 0.0917. The first-order chi connectivity index (χ1) is 16.8. The van der Waals surface area contributed by atoms with Crippen LogP contribution in [0, 0.1) is 13.8 Å². The van der Waals surface area contributed by atoms with E-state index in [2.05, 4.69) is 11.1 Å². The third-order valence-electron chi connectivity index (χ3n) is 5.92. The number of aryl methyl sites for hydroxylation is 2. The van der Waals surface area contributed by atoms with Crippen LogP contribution >= 0.6 is 11.3 Å². The number of thiazole rings is 1. The molecule has 2 aromatic heterocycles. The summed E-state index contributed by atoms with van der Waals surface area (Å²) in [5.41, 5.74) is 4.04. The Morgan fingerprint density at radius 3 is 2.43 bits per heavy atom. The van der Waals surface area contributed by atoms with Crippen molar-refractivity contribution in [2.45, 2.75) is 38.1 Å². The molecule has 4 rings (SSSR count). The number of benzene rings is 2. The molecule has 0 aliphatic rings. The number of anilines is 1. The summed E-state index contributed by atoms with van der Waals surface area (Å²) in [6.07, 6.45) is 3.67. The highest BCUT2D eigenvalue weighted by Gasteiger charge is 2.22. The Bertz CT molecular complexity index is 1430. The van der Waals surface area contributed by atoms with Gasteiger partial charge in [0.1, 0.15) is 5.75 Å². The standard InChI is InChI=1S/C26H27N3O4S2/c1-18-6-11-23-25(19(18)2)28-26(34-23)29(17-20-12-14-27-15-13-20)24(30)5-4-16-35(31,32)22-9-7-21(33-3)8-10-22/h6-15H,4-5,16-17H2,1-3H3. The Morgan fingerprint density at radius 2 is 1.74 bits per heavy atom. The van der Waals surface area contributed by atoms with E-state index in [1.165, 1.54) is 30.6 Å². The van der Waals surface area contributed by atoms with Gasteiger partial charge < -0.3 is 4.74 Å². The number of ether oxygens (including phenoxy) is 1. The number of fused-ring (bicyclic) bond motifs is 1. The number of sulfone groups is 1. The summed E-state index contributed by atoms with van der Waals surface area (Å²) >= 11 is 1.46. The van der Waals surface area contributed by atoms with Gasteiger partial charge in [0.15, 0.2) is 15.0 Å². The number of carbonyl (C=O) groups excluding carboxylic acids is 1. The van der Waals surface area contributed by atoms with Gasteiger partial charge in [-0.15, -0.1) is 0 Å². The van der Waals surface area contributed by atoms with E-state index >= 15 is 0 Å². The molecule has 0 atom stereocenters. The molecule has 0 saturated carbocycles. The monoisotopic (exact) mass is 509 g/mol. The topological polar surface area (TPSA) is 89.5 Å². The van der Waals surface area contributed by atoms with E-state index in [4.69, 9.17) is 9.72 Å². The van der Waals surface area contributed by atoms with Crippen LogP contribution in [0.2, 0.25) is 0 Å². The highest BCUT2D eigenvalue weighted by Crippen LogP contribution is 2.33. The molecule has 0 saturated heterocycles. The Labute approximate surface area is 209 Å². The van der Waals surface area contributed by atoms with Gasteiger partial charge >= 0.3 is 0 Å². The number of rotatable bonds is 9. The SMILES string of the molecule is COc1ccc(S(=O)(=O)CCCC(=O)N(Cc2ccncc2)c2nc3c(C)c(C)ccc3s2)cc1. The van der Waals surface area contributed by atoms with Gasteiger partial charge in [0.05, 0.1) is 34.5 Å². The molecule has 0 bridgehead atoms. The molecular formula is C26H27N3O4S2. The second kappa shape index (κ2) is 10.5. The fraction of sp³-hybridized carbons (Fsp3) is 0.269. The van der Waals surface area contributed by atoms with Gasteiger partial charge in [0, 0.05) is 18.8 Å². The fourth-order valence-corrected chi connectivity index (χ4v) is 6.06. The zero-order chi connectivity index (χ0) is 25.0. The van der Waals surface area contributed by atoms with Crippen LogP contribution in [-0.2, 0) is 21.2 Å². The van der Waals surface area contributed by atoms with Crippen LogP contribution < -0.4 is 9.64 Å². The molecule has 0 aliphatic heterocycles. The lowest BCUT2D eigenvalue weighted by molar-refractivity contribution is -0.118. The molecule has 0 unspecified atom stereocenters. The van der Waals surface area contributed by atoms with Crippen LogP contribution in [0.4, 0.5) is 5.13 Å². The van der Waals surface area contributed by atoms with Crippen molar-refractivity contribution in [3.63, 3.8) is 0 Å². The van der Waals surface area contributed by atoms with Crippen LogP contribution in [0.1, 0.15) is 29.5 Å². The van der Waals surface area contributed by atoms with Gasteiger partial charge in [-0.3, -0.25) is 14.7 Å². The van der Waals surface area contributed by atoms with Crippen molar-refractivity contribution in [1.82, 2.24) is 9.97 Å². The van der Waals surface area contributed by atoms with E-state index < -0.39 is 9.84 Å². The maximum atomic E-state index is 13.3. The minimum Gasteiger partial charge on any atom is -0.497 e. The van der Waals surface area contributed by atoms with E-state index in [9.17, 15) is 13.2 Å². The first kappa shape index (κ1) is 24.8. The minimum atomic E-state index is -3.51. The van der Waals surface area contributed by atoms with Gasteiger partial charge in [-0.1, -0.05) is 17.4 Å². The summed E-state index contributed by atoms with van der Waals surface area (Å²) in [5.74, 6) is 0.305. The van der Waals surface area contributed by atoms with Crippen LogP contribution in [0.5, 0.6) is 5.75 Å². The molecule has 9 heteroatoms. The molecule has 0 fully saturated rings. The molecule has 4 aromatic rings. The van der Waals surface area contributed by atoms with E-state index in [0.717, 1.165) is 26.9 Å². The first-order valence-electron chi connectivity index (χ1n) is 11.2. The Kier molecular flexibility index (Phi) is 7.47. The average Bonchev–Trinajstić information content (AvgIpc) is 3.30. The number of methoxy groups -OCH3 is 1. The van der Waals surface area contributed by atoms with E-state index in [-0.39, 0.29) is 29.4 Å². The lowest BCUT2D eigenvalue weighted by Crippen LogP contribution is -2.30. The zero-order valence-corrected chi connectivity index (χ0v) is 21.5. The van der Waals surface area contributed by atoms with Gasteiger partial charge in [0.2, 0.25) is 5.91 Å². The number of nitrogens with zero attached hydrogens (tertiary/aromatic N) is 3. The molecule has 182 valence electrons. The van der Waals surface area contributed by atoms with Gasteiger partial charge in [0.25, 0.3) is 0 Å². The summed E-state index contributed by atoms with van der Waals surface area (Å²) in [6.45, 7) is 4.40. The lowest BCUT2D eigenvalue weighted by Gasteiger charge is -2.20. The van der Waals surface area contributed by atoms with Crippen LogP contribution in [0.25, 0.3) is 10.2 Å². The van der Waals surface area contributed by atoms with Crippen LogP contribution in [0.15, 0.2) is 65.8 Å². The molecule has 1 amide bonds. The highest BCUT2D eigenvalue weighted by molar-refractivity contribution is 7.91. The second-order valence-electron chi connectivity index (χ2n) is 8.28. The molecule has 2 heterocycles. The third kappa shape index (κ3) is 5.68. The van der Waals surface area contributed by atoms with Crippen LogP contribution in [-0.4, -0.2) is 37.2 Å². The van der Waals surface area contributed by atoms with Gasteiger partial charge in [-0.05, 0) is 79.4 Å². The van der Waals surface area contributed by atoms with Crippen molar-refractivity contribution < 1.29 is 17.9 Å². The number of hydrogen-bond donors (Lipinski definition) is 0. The fourth-order valence-electron chi connectivity index (χ4n) is 3.71. The molecule has 0 N–H and O–H groups in total. The highest BCUT2D eigenvalue weighted by atomic mass is 32.2. The van der Waals surface area contributed by atoms with Crippen molar-refractivity contribution in [2.24, 2.45) is 0 Å². The number of amides is 1. The third-order valence-corrected chi connectivity index (χ3v) is 8.78. The van der Waals surface area contributed by atoms with Crippen molar-refractivity contribution in [3.05, 3.63) is 77.6 Å². The molecule has 0 radical (unpaired) electrons. The van der Waals surface area contributed by atoms with Crippen molar-refractivity contribution in [1.29, 1.82) is 0 Å². The molecular weight excluding hydrogens is 482 g/mol. The predicted molar refractivity (Wildman–Crippen MR) is 139 cm³/mol. The smallest absolute Gasteiger partial charge is 0.229 e. The summed E-state index contributed by atoms with van der Waals surface area (Å²) < 4.78 is 31.6. The van der Waals surface area contributed by atoms with E-state index in [1.807, 2.05) is 32.0 Å². The van der Waals surface area contributed by atoms with Crippen molar-refractivity contribution in [3.8, 4) is 5.75 Å². The molecule has 7 nitrogen and oxygen atoms in total. The Morgan fingerprint density at radius 1 is 1.03 bits per heavy atom. The largest absolute Gasteiger partial charge is 0.497 e. The number of pyridine rings is 1. The van der Waals surface area contributed by atoms with Gasteiger partial charge in [-0.2, -0.15) is 0 Å². The molecule has 0 spiro atoms. The Hall–Kier alpha value is -3.30. The number of aromatic nitrogens is 2. The zero-order valence-electron chi connectivity index (χ0n) is 19.9.